The standard InChI is InChI=1S/C27H32N2O5/c1-3-13-27(25(31)32)14-8-15-29(27)24(30)16-18(2)28-26(33)34-17-23-21-11-6-4-9-19(21)20-10-5-7-12-22(20)23/h4-7,9-12,18,23H,3,8,13-17H2,1-2H3,(H,28,33)(H,31,32)/t18-,27?/m1/s1. The fourth-order valence-corrected chi connectivity index (χ4v) is 5.51. The average Bonchev–Trinajstić information content (AvgIpc) is 3.38. The van der Waals surface area contributed by atoms with Crippen LogP contribution in [0.3, 0.4) is 0 Å². The van der Waals surface area contributed by atoms with E-state index in [2.05, 4.69) is 29.6 Å². The zero-order valence-electron chi connectivity index (χ0n) is 19.8. The van der Waals surface area contributed by atoms with Gasteiger partial charge in [0.05, 0.1) is 0 Å². The Balaban J connectivity index is 1.34. The van der Waals surface area contributed by atoms with Gasteiger partial charge < -0.3 is 20.1 Å². The van der Waals surface area contributed by atoms with E-state index in [0.29, 0.717) is 32.2 Å². The molecule has 0 spiro atoms. The number of hydrogen-bond acceptors (Lipinski definition) is 4. The number of amides is 2. The number of rotatable bonds is 8. The molecule has 7 heteroatoms. The molecular formula is C27H32N2O5. The van der Waals surface area contributed by atoms with Crippen molar-refractivity contribution in [2.75, 3.05) is 13.2 Å². The molecular weight excluding hydrogens is 432 g/mol. The Morgan fingerprint density at radius 2 is 1.74 bits per heavy atom. The molecule has 0 radical (unpaired) electrons. The van der Waals surface area contributed by atoms with Crippen LogP contribution in [0.5, 0.6) is 0 Å². The highest BCUT2D eigenvalue weighted by atomic mass is 16.5. The van der Waals surface area contributed by atoms with Gasteiger partial charge in [-0.1, -0.05) is 61.9 Å². The van der Waals surface area contributed by atoms with Crippen molar-refractivity contribution < 1.29 is 24.2 Å². The SMILES string of the molecule is CCCC1(C(=O)O)CCCN1C(=O)C[C@@H](C)NC(=O)OCC1c2ccccc2-c2ccccc21. The summed E-state index contributed by atoms with van der Waals surface area (Å²) in [5.74, 6) is -1.23. The van der Waals surface area contributed by atoms with Gasteiger partial charge >= 0.3 is 12.1 Å². The third-order valence-corrected chi connectivity index (χ3v) is 7.04. The molecule has 1 aliphatic carbocycles. The molecule has 2 atom stereocenters. The number of nitrogens with one attached hydrogen (secondary N) is 1. The number of nitrogens with zero attached hydrogens (tertiary/aromatic N) is 1. The zero-order chi connectivity index (χ0) is 24.3. The normalized spacial score (nSPS) is 19.9. The van der Waals surface area contributed by atoms with Crippen LogP contribution < -0.4 is 5.32 Å². The van der Waals surface area contributed by atoms with Gasteiger partial charge in [-0.2, -0.15) is 0 Å². The third kappa shape index (κ3) is 4.39. The first-order valence-electron chi connectivity index (χ1n) is 12.0. The second kappa shape index (κ2) is 9.87. The first kappa shape index (κ1) is 23.8. The lowest BCUT2D eigenvalue weighted by Crippen LogP contribution is -2.54. The molecule has 4 rings (SSSR count). The highest BCUT2D eigenvalue weighted by Gasteiger charge is 2.49. The number of ether oxygens (including phenoxy) is 1. The maximum absolute atomic E-state index is 12.9. The molecule has 2 aliphatic rings. The van der Waals surface area contributed by atoms with Gasteiger partial charge in [0.2, 0.25) is 5.91 Å². The van der Waals surface area contributed by atoms with Crippen molar-refractivity contribution in [1.29, 1.82) is 0 Å². The van der Waals surface area contributed by atoms with Gasteiger partial charge in [-0.3, -0.25) is 4.79 Å². The summed E-state index contributed by atoms with van der Waals surface area (Å²) in [6, 6.07) is 15.8. The largest absolute Gasteiger partial charge is 0.479 e. The van der Waals surface area contributed by atoms with Gasteiger partial charge in [0, 0.05) is 24.9 Å². The second-order valence-corrected chi connectivity index (χ2v) is 9.31. The Kier molecular flexibility index (Phi) is 6.91. The molecule has 0 saturated carbocycles. The van der Waals surface area contributed by atoms with Crippen molar-refractivity contribution in [3.05, 3.63) is 59.7 Å². The monoisotopic (exact) mass is 464 g/mol. The number of hydrogen-bond donors (Lipinski definition) is 2. The van der Waals surface area contributed by atoms with Crippen molar-refractivity contribution in [2.24, 2.45) is 0 Å². The van der Waals surface area contributed by atoms with Crippen LogP contribution >= 0.6 is 0 Å². The quantitative estimate of drug-likeness (QED) is 0.598. The summed E-state index contributed by atoms with van der Waals surface area (Å²) in [4.78, 5) is 39.0. The maximum Gasteiger partial charge on any atom is 0.407 e. The topological polar surface area (TPSA) is 95.9 Å². The van der Waals surface area contributed by atoms with Crippen LogP contribution in [0.4, 0.5) is 4.79 Å². The van der Waals surface area contributed by atoms with Gasteiger partial charge in [0.15, 0.2) is 0 Å². The van der Waals surface area contributed by atoms with E-state index in [1.54, 1.807) is 6.92 Å². The van der Waals surface area contributed by atoms with E-state index in [9.17, 15) is 19.5 Å². The Hall–Kier alpha value is -3.35. The third-order valence-electron chi connectivity index (χ3n) is 7.04. The fourth-order valence-electron chi connectivity index (χ4n) is 5.51. The molecule has 0 bridgehead atoms. The number of carboxylic acid groups (broad SMARTS) is 1. The van der Waals surface area contributed by atoms with Crippen LogP contribution in [0.1, 0.15) is 63.0 Å². The van der Waals surface area contributed by atoms with Crippen LogP contribution in [-0.2, 0) is 14.3 Å². The Bertz CT molecular complexity index is 1040. The number of carbonyl (C=O) groups is 3. The molecule has 1 heterocycles. The van der Waals surface area contributed by atoms with Crippen LogP contribution in [0, 0.1) is 0 Å². The molecule has 2 aromatic rings. The van der Waals surface area contributed by atoms with E-state index in [4.69, 9.17) is 4.74 Å². The lowest BCUT2D eigenvalue weighted by Gasteiger charge is -2.35. The van der Waals surface area contributed by atoms with Gasteiger partial charge in [-0.15, -0.1) is 0 Å². The van der Waals surface area contributed by atoms with Crippen LogP contribution in [0.2, 0.25) is 0 Å². The van der Waals surface area contributed by atoms with Gasteiger partial charge in [-0.05, 0) is 48.4 Å². The minimum atomic E-state index is -1.13. The van der Waals surface area contributed by atoms with E-state index in [0.717, 1.165) is 22.3 Å². The van der Waals surface area contributed by atoms with E-state index in [1.807, 2.05) is 31.2 Å². The van der Waals surface area contributed by atoms with Gasteiger partial charge in [0.1, 0.15) is 12.1 Å². The van der Waals surface area contributed by atoms with E-state index < -0.39 is 23.6 Å². The fraction of sp³-hybridized carbons (Fsp3) is 0.444. The van der Waals surface area contributed by atoms with Crippen LogP contribution in [-0.4, -0.2) is 52.7 Å². The number of alkyl carbamates (subject to hydrolysis) is 1. The molecule has 2 aromatic carbocycles. The summed E-state index contributed by atoms with van der Waals surface area (Å²) < 4.78 is 5.57. The van der Waals surface area contributed by atoms with E-state index in [-0.39, 0.29) is 24.9 Å². The number of benzene rings is 2. The van der Waals surface area contributed by atoms with Crippen molar-refractivity contribution in [1.82, 2.24) is 10.2 Å². The first-order valence-corrected chi connectivity index (χ1v) is 12.0. The second-order valence-electron chi connectivity index (χ2n) is 9.31. The van der Waals surface area contributed by atoms with Gasteiger partial charge in [0.25, 0.3) is 0 Å². The Labute approximate surface area is 200 Å². The van der Waals surface area contributed by atoms with Gasteiger partial charge in [-0.25, -0.2) is 9.59 Å². The maximum atomic E-state index is 12.9. The summed E-state index contributed by atoms with van der Waals surface area (Å²) in [7, 11) is 0. The summed E-state index contributed by atoms with van der Waals surface area (Å²) >= 11 is 0. The minimum absolute atomic E-state index is 0.0307. The molecule has 1 fully saturated rings. The highest BCUT2D eigenvalue weighted by molar-refractivity contribution is 5.88. The molecule has 0 aromatic heterocycles. The molecule has 1 aliphatic heterocycles. The molecule has 7 nitrogen and oxygen atoms in total. The Morgan fingerprint density at radius 3 is 2.32 bits per heavy atom. The van der Waals surface area contributed by atoms with Crippen molar-refractivity contribution in [3.63, 3.8) is 0 Å². The number of fused-ring (bicyclic) bond motifs is 3. The van der Waals surface area contributed by atoms with E-state index in [1.165, 1.54) is 4.90 Å². The number of aliphatic carboxylic acids is 1. The molecule has 2 amide bonds. The lowest BCUT2D eigenvalue weighted by molar-refractivity contribution is -0.157. The summed E-state index contributed by atoms with van der Waals surface area (Å²) in [6.45, 7) is 4.29. The number of carbonyl (C=O) groups excluding carboxylic acids is 2. The molecule has 1 unspecified atom stereocenters. The zero-order valence-corrected chi connectivity index (χ0v) is 19.8. The molecule has 180 valence electrons. The predicted molar refractivity (Wildman–Crippen MR) is 129 cm³/mol. The Morgan fingerprint density at radius 1 is 1.12 bits per heavy atom. The lowest BCUT2D eigenvalue weighted by atomic mass is 9.90. The van der Waals surface area contributed by atoms with Crippen molar-refractivity contribution in [2.45, 2.75) is 63.5 Å². The molecule has 2 N–H and O–H groups in total. The summed E-state index contributed by atoms with van der Waals surface area (Å²) in [5, 5.41) is 12.6. The van der Waals surface area contributed by atoms with Crippen LogP contribution in [0.25, 0.3) is 11.1 Å². The molecule has 34 heavy (non-hydrogen) atoms. The predicted octanol–water partition coefficient (Wildman–Crippen LogP) is 4.55. The average molecular weight is 465 g/mol. The first-order chi connectivity index (χ1) is 16.4. The highest BCUT2D eigenvalue weighted by Crippen LogP contribution is 2.44. The molecule has 1 saturated heterocycles. The number of likely N-dealkylation sites (tertiary alicyclic amines) is 1. The van der Waals surface area contributed by atoms with Crippen molar-refractivity contribution in [3.8, 4) is 11.1 Å². The smallest absolute Gasteiger partial charge is 0.407 e. The van der Waals surface area contributed by atoms with Crippen molar-refractivity contribution >= 4 is 18.0 Å². The minimum Gasteiger partial charge on any atom is -0.479 e. The summed E-state index contributed by atoms with van der Waals surface area (Å²) in [6.07, 6.45) is 1.71. The van der Waals surface area contributed by atoms with E-state index >= 15 is 0 Å². The summed E-state index contributed by atoms with van der Waals surface area (Å²) in [5.41, 5.74) is 3.45. The number of carboxylic acids is 1. The van der Waals surface area contributed by atoms with Crippen LogP contribution in [0.15, 0.2) is 48.5 Å².